The summed E-state index contributed by atoms with van der Waals surface area (Å²) in [5.41, 5.74) is 6.54. The van der Waals surface area contributed by atoms with Crippen LogP contribution in [-0.2, 0) is 17.9 Å². The van der Waals surface area contributed by atoms with Crippen molar-refractivity contribution in [1.82, 2.24) is 9.47 Å². The molecule has 1 aliphatic heterocycles. The number of aryl methyl sites for hydroxylation is 2. The standard InChI is InChI=1S/C28H24N2O2S/c1-19-11-13-21(14-12-19)16-29-17-23(24-9-5-6-10-25(24)29)15-26-27(31)30(28(32)33-26)18-22-8-4-3-7-20(22)2/h3-15,17H,16,18H2,1-2H3/b26-15-. The highest BCUT2D eigenvalue weighted by atomic mass is 32.2. The van der Waals surface area contributed by atoms with E-state index in [0.717, 1.165) is 45.9 Å². The molecular formula is C28H24N2O2S. The molecule has 4 nitrogen and oxygen atoms in total. The van der Waals surface area contributed by atoms with E-state index in [1.165, 1.54) is 16.0 Å². The molecule has 0 aliphatic carbocycles. The molecule has 1 aliphatic rings. The number of para-hydroxylation sites is 1. The minimum Gasteiger partial charge on any atom is -0.342 e. The van der Waals surface area contributed by atoms with Crippen LogP contribution in [0, 0.1) is 13.8 Å². The molecule has 0 spiro atoms. The molecule has 0 N–H and O–H groups in total. The van der Waals surface area contributed by atoms with Crippen LogP contribution >= 0.6 is 11.8 Å². The van der Waals surface area contributed by atoms with Gasteiger partial charge in [-0.1, -0.05) is 72.3 Å². The third-order valence-corrected chi connectivity index (χ3v) is 6.95. The molecule has 33 heavy (non-hydrogen) atoms. The van der Waals surface area contributed by atoms with Gasteiger partial charge < -0.3 is 4.57 Å². The maximum absolute atomic E-state index is 13.1. The number of nitrogens with zero attached hydrogens (tertiary/aromatic N) is 2. The number of thioether (sulfide) groups is 1. The van der Waals surface area contributed by atoms with Crippen LogP contribution in [0.4, 0.5) is 4.79 Å². The molecule has 0 saturated carbocycles. The number of carbonyl (C=O) groups excluding carboxylic acids is 2. The zero-order valence-corrected chi connectivity index (χ0v) is 19.4. The third-order valence-electron chi connectivity index (χ3n) is 6.04. The van der Waals surface area contributed by atoms with Crippen LogP contribution in [0.15, 0.2) is 83.9 Å². The normalized spacial score (nSPS) is 15.2. The van der Waals surface area contributed by atoms with Gasteiger partial charge in [-0.25, -0.2) is 0 Å². The van der Waals surface area contributed by atoms with E-state index >= 15 is 0 Å². The Balaban J connectivity index is 1.46. The third kappa shape index (κ3) is 4.24. The van der Waals surface area contributed by atoms with E-state index in [0.29, 0.717) is 11.4 Å². The second-order valence-corrected chi connectivity index (χ2v) is 9.40. The summed E-state index contributed by atoms with van der Waals surface area (Å²) in [5.74, 6) is -0.233. The Hall–Kier alpha value is -3.57. The predicted octanol–water partition coefficient (Wildman–Crippen LogP) is 6.54. The van der Waals surface area contributed by atoms with Crippen LogP contribution < -0.4 is 0 Å². The zero-order valence-electron chi connectivity index (χ0n) is 18.6. The lowest BCUT2D eigenvalue weighted by atomic mass is 10.1. The summed E-state index contributed by atoms with van der Waals surface area (Å²) < 4.78 is 2.20. The smallest absolute Gasteiger partial charge is 0.293 e. The summed E-state index contributed by atoms with van der Waals surface area (Å²) >= 11 is 1.01. The molecule has 3 aromatic carbocycles. The number of imide groups is 1. The van der Waals surface area contributed by atoms with E-state index < -0.39 is 0 Å². The van der Waals surface area contributed by atoms with Crippen molar-refractivity contribution < 1.29 is 9.59 Å². The summed E-state index contributed by atoms with van der Waals surface area (Å²) in [6.45, 7) is 5.11. The molecule has 5 heteroatoms. The molecule has 1 fully saturated rings. The molecule has 0 atom stereocenters. The van der Waals surface area contributed by atoms with Gasteiger partial charge in [0.2, 0.25) is 0 Å². The summed E-state index contributed by atoms with van der Waals surface area (Å²) in [6.07, 6.45) is 3.93. The van der Waals surface area contributed by atoms with Crippen molar-refractivity contribution in [2.24, 2.45) is 0 Å². The Kier molecular flexibility index (Phi) is 5.65. The van der Waals surface area contributed by atoms with Crippen molar-refractivity contribution in [2.45, 2.75) is 26.9 Å². The first-order chi connectivity index (χ1) is 16.0. The molecule has 1 saturated heterocycles. The molecule has 0 radical (unpaired) electrons. The fourth-order valence-corrected chi connectivity index (χ4v) is 4.98. The molecule has 164 valence electrons. The van der Waals surface area contributed by atoms with Gasteiger partial charge in [-0.05, 0) is 54.4 Å². The maximum atomic E-state index is 13.1. The number of carbonyl (C=O) groups is 2. The topological polar surface area (TPSA) is 42.3 Å². The second-order valence-electron chi connectivity index (χ2n) is 8.41. The number of hydrogen-bond acceptors (Lipinski definition) is 3. The molecule has 2 heterocycles. The largest absolute Gasteiger partial charge is 0.342 e. The highest BCUT2D eigenvalue weighted by Gasteiger charge is 2.35. The minimum atomic E-state index is -0.233. The lowest BCUT2D eigenvalue weighted by molar-refractivity contribution is -0.123. The van der Waals surface area contributed by atoms with Gasteiger partial charge in [0.1, 0.15) is 0 Å². The van der Waals surface area contributed by atoms with Crippen LogP contribution in [0.25, 0.3) is 17.0 Å². The van der Waals surface area contributed by atoms with Crippen molar-refractivity contribution >= 4 is 39.9 Å². The molecule has 0 unspecified atom stereocenters. The lowest BCUT2D eigenvalue weighted by Gasteiger charge is -2.14. The Labute approximate surface area is 197 Å². The van der Waals surface area contributed by atoms with Crippen LogP contribution in [0.1, 0.15) is 27.8 Å². The highest BCUT2D eigenvalue weighted by molar-refractivity contribution is 8.18. The van der Waals surface area contributed by atoms with Gasteiger partial charge >= 0.3 is 0 Å². The van der Waals surface area contributed by atoms with Crippen molar-refractivity contribution in [3.8, 4) is 0 Å². The van der Waals surface area contributed by atoms with Crippen LogP contribution in [-0.4, -0.2) is 20.6 Å². The molecule has 2 amide bonds. The second kappa shape index (κ2) is 8.75. The number of fused-ring (bicyclic) bond motifs is 1. The first kappa shape index (κ1) is 21.3. The molecule has 5 rings (SSSR count). The average molecular weight is 453 g/mol. The van der Waals surface area contributed by atoms with Crippen LogP contribution in [0.3, 0.4) is 0 Å². The van der Waals surface area contributed by atoms with E-state index in [4.69, 9.17) is 0 Å². The van der Waals surface area contributed by atoms with E-state index in [1.807, 2.05) is 49.4 Å². The quantitative estimate of drug-likeness (QED) is 0.323. The van der Waals surface area contributed by atoms with Crippen molar-refractivity contribution in [1.29, 1.82) is 0 Å². The van der Waals surface area contributed by atoms with E-state index in [2.05, 4.69) is 54.1 Å². The number of aromatic nitrogens is 1. The van der Waals surface area contributed by atoms with Gasteiger partial charge in [0.05, 0.1) is 11.4 Å². The molecule has 4 aromatic rings. The fraction of sp³-hybridized carbons (Fsp3) is 0.143. The van der Waals surface area contributed by atoms with Gasteiger partial charge in [0.25, 0.3) is 11.1 Å². The first-order valence-electron chi connectivity index (χ1n) is 10.9. The van der Waals surface area contributed by atoms with E-state index in [-0.39, 0.29) is 11.1 Å². The number of benzene rings is 3. The van der Waals surface area contributed by atoms with Crippen molar-refractivity contribution in [2.75, 3.05) is 0 Å². The molecular weight excluding hydrogens is 428 g/mol. The average Bonchev–Trinajstić information content (AvgIpc) is 3.29. The van der Waals surface area contributed by atoms with E-state index in [1.54, 1.807) is 0 Å². The SMILES string of the molecule is Cc1ccc(Cn2cc(/C=C3\SC(=O)N(Cc4ccccc4C)C3=O)c3ccccc32)cc1. The van der Waals surface area contributed by atoms with Gasteiger partial charge in [-0.2, -0.15) is 0 Å². The lowest BCUT2D eigenvalue weighted by Crippen LogP contribution is -2.27. The van der Waals surface area contributed by atoms with Gasteiger partial charge in [-0.15, -0.1) is 0 Å². The molecule has 0 bridgehead atoms. The van der Waals surface area contributed by atoms with Crippen LogP contribution in [0.5, 0.6) is 0 Å². The summed E-state index contributed by atoms with van der Waals surface area (Å²) in [5, 5.41) is 0.841. The highest BCUT2D eigenvalue weighted by Crippen LogP contribution is 2.35. The summed E-state index contributed by atoms with van der Waals surface area (Å²) in [6, 6.07) is 24.5. The minimum absolute atomic E-state index is 0.224. The molecule has 1 aromatic heterocycles. The number of rotatable bonds is 5. The van der Waals surface area contributed by atoms with Crippen molar-refractivity contribution in [3.05, 3.63) is 112 Å². The summed E-state index contributed by atoms with van der Waals surface area (Å²) in [7, 11) is 0. The van der Waals surface area contributed by atoms with E-state index in [9.17, 15) is 9.59 Å². The maximum Gasteiger partial charge on any atom is 0.293 e. The van der Waals surface area contributed by atoms with Crippen molar-refractivity contribution in [3.63, 3.8) is 0 Å². The Morgan fingerprint density at radius 1 is 0.848 bits per heavy atom. The predicted molar refractivity (Wildman–Crippen MR) is 135 cm³/mol. The monoisotopic (exact) mass is 452 g/mol. The summed E-state index contributed by atoms with van der Waals surface area (Å²) in [4.78, 5) is 27.6. The Bertz CT molecular complexity index is 1400. The van der Waals surface area contributed by atoms with Gasteiger partial charge in [0.15, 0.2) is 0 Å². The Morgan fingerprint density at radius 3 is 2.36 bits per heavy atom. The first-order valence-corrected chi connectivity index (χ1v) is 11.7. The number of amides is 2. The number of hydrogen-bond donors (Lipinski definition) is 0. The van der Waals surface area contributed by atoms with Gasteiger partial charge in [-0.3, -0.25) is 14.5 Å². The van der Waals surface area contributed by atoms with Gasteiger partial charge in [0, 0.05) is 29.2 Å². The fourth-order valence-electron chi connectivity index (χ4n) is 4.15. The van der Waals surface area contributed by atoms with Crippen LogP contribution in [0.2, 0.25) is 0 Å². The zero-order chi connectivity index (χ0) is 22.9. The Morgan fingerprint density at radius 2 is 1.58 bits per heavy atom.